The third-order valence-corrected chi connectivity index (χ3v) is 5.26. The fourth-order valence-electron chi connectivity index (χ4n) is 3.60. The van der Waals surface area contributed by atoms with Gasteiger partial charge in [0.25, 0.3) is 5.91 Å². The molecule has 0 bridgehead atoms. The van der Waals surface area contributed by atoms with Gasteiger partial charge >= 0.3 is 6.03 Å². The fourth-order valence-corrected chi connectivity index (χ4v) is 3.60. The van der Waals surface area contributed by atoms with Crippen molar-refractivity contribution in [1.29, 1.82) is 0 Å². The highest BCUT2D eigenvalue weighted by Crippen LogP contribution is 2.22. The number of carbonyl (C=O) groups is 2. The number of urea groups is 1. The minimum Gasteiger partial charge on any atom is -0.349 e. The molecule has 3 rings (SSSR count). The molecule has 148 valence electrons. The Balaban J connectivity index is 1.51. The van der Waals surface area contributed by atoms with Gasteiger partial charge < -0.3 is 15.5 Å². The summed E-state index contributed by atoms with van der Waals surface area (Å²) < 4.78 is 0. The van der Waals surface area contributed by atoms with Crippen molar-refractivity contribution in [3.63, 3.8) is 0 Å². The zero-order valence-corrected chi connectivity index (χ0v) is 16.6. The molecule has 3 amide bonds. The molecule has 1 aliphatic heterocycles. The zero-order chi connectivity index (χ0) is 19.9. The molecule has 0 aliphatic carbocycles. The van der Waals surface area contributed by atoms with Crippen molar-refractivity contribution < 1.29 is 9.59 Å². The molecule has 2 aromatic carbocycles. The van der Waals surface area contributed by atoms with E-state index in [2.05, 4.69) is 36.6 Å². The molecule has 2 N–H and O–H groups in total. The minimum atomic E-state index is -0.0487. The summed E-state index contributed by atoms with van der Waals surface area (Å²) in [5.41, 5.74) is 1.79. The van der Waals surface area contributed by atoms with Crippen LogP contribution in [0.3, 0.4) is 0 Å². The summed E-state index contributed by atoms with van der Waals surface area (Å²) in [4.78, 5) is 26.9. The Bertz CT molecular complexity index is 769. The first-order chi connectivity index (χ1) is 13.5. The van der Waals surface area contributed by atoms with Crippen molar-refractivity contribution >= 4 is 11.9 Å². The number of piperidine rings is 1. The van der Waals surface area contributed by atoms with Crippen LogP contribution >= 0.6 is 0 Å². The number of amides is 3. The Morgan fingerprint density at radius 1 is 0.929 bits per heavy atom. The van der Waals surface area contributed by atoms with Gasteiger partial charge in [-0.25, -0.2) is 4.79 Å². The van der Waals surface area contributed by atoms with Gasteiger partial charge in [0.2, 0.25) is 0 Å². The predicted octanol–water partition coefficient (Wildman–Crippen LogP) is 3.99. The van der Waals surface area contributed by atoms with Crippen LogP contribution in [0.4, 0.5) is 4.79 Å². The molecule has 0 spiro atoms. The number of rotatable bonds is 5. The lowest BCUT2D eigenvalue weighted by Gasteiger charge is -2.34. The Morgan fingerprint density at radius 3 is 2.07 bits per heavy atom. The summed E-state index contributed by atoms with van der Waals surface area (Å²) in [6.45, 7) is 5.52. The van der Waals surface area contributed by atoms with Crippen LogP contribution in [0.25, 0.3) is 0 Å². The molecule has 0 aromatic heterocycles. The van der Waals surface area contributed by atoms with Gasteiger partial charge in [0.05, 0.1) is 6.04 Å². The van der Waals surface area contributed by atoms with E-state index in [9.17, 15) is 9.59 Å². The number of nitrogens with one attached hydrogen (secondary N) is 2. The van der Waals surface area contributed by atoms with Crippen LogP contribution in [0.1, 0.15) is 48.7 Å². The Morgan fingerprint density at radius 2 is 1.50 bits per heavy atom. The summed E-state index contributed by atoms with van der Waals surface area (Å²) >= 11 is 0. The van der Waals surface area contributed by atoms with Crippen LogP contribution in [0.5, 0.6) is 0 Å². The number of benzene rings is 2. The monoisotopic (exact) mass is 379 g/mol. The molecule has 1 heterocycles. The molecular formula is C23H29N3O2. The van der Waals surface area contributed by atoms with Crippen molar-refractivity contribution in [1.82, 2.24) is 15.5 Å². The maximum absolute atomic E-state index is 12.8. The first-order valence-corrected chi connectivity index (χ1v) is 10.0. The van der Waals surface area contributed by atoms with E-state index in [0.29, 0.717) is 24.6 Å². The summed E-state index contributed by atoms with van der Waals surface area (Å²) in [6.07, 6.45) is 1.54. The van der Waals surface area contributed by atoms with Crippen molar-refractivity contribution in [3.05, 3.63) is 71.8 Å². The van der Waals surface area contributed by atoms with E-state index in [4.69, 9.17) is 0 Å². The van der Waals surface area contributed by atoms with Crippen LogP contribution < -0.4 is 10.6 Å². The molecular weight excluding hydrogens is 350 g/mol. The summed E-state index contributed by atoms with van der Waals surface area (Å²) in [5, 5.41) is 6.27. The zero-order valence-electron chi connectivity index (χ0n) is 16.6. The molecule has 1 saturated heterocycles. The second-order valence-electron chi connectivity index (χ2n) is 7.68. The SMILES string of the molecule is CC(C)[C@@H](NC(=O)N1CCC(NC(=O)c2ccccc2)CC1)c1ccccc1. The van der Waals surface area contributed by atoms with Crippen molar-refractivity contribution in [2.75, 3.05) is 13.1 Å². The Labute approximate surface area is 167 Å². The standard InChI is InChI=1S/C23H29N3O2/c1-17(2)21(18-9-5-3-6-10-18)25-23(28)26-15-13-20(14-16-26)24-22(27)19-11-7-4-8-12-19/h3-12,17,20-21H,13-16H2,1-2H3,(H,24,27)(H,25,28)/t21-/m1/s1. The Kier molecular flexibility index (Phi) is 6.69. The van der Waals surface area contributed by atoms with Crippen LogP contribution in [-0.2, 0) is 0 Å². The van der Waals surface area contributed by atoms with Gasteiger partial charge in [-0.2, -0.15) is 0 Å². The number of likely N-dealkylation sites (tertiary alicyclic amines) is 1. The fraction of sp³-hybridized carbons (Fsp3) is 0.391. The molecule has 0 unspecified atom stereocenters. The summed E-state index contributed by atoms with van der Waals surface area (Å²) in [5.74, 6) is 0.251. The maximum Gasteiger partial charge on any atom is 0.317 e. The topological polar surface area (TPSA) is 61.4 Å². The largest absolute Gasteiger partial charge is 0.349 e. The van der Waals surface area contributed by atoms with Crippen LogP contribution in [0, 0.1) is 5.92 Å². The number of hydrogen-bond donors (Lipinski definition) is 2. The average molecular weight is 380 g/mol. The quantitative estimate of drug-likeness (QED) is 0.825. The molecule has 5 nitrogen and oxygen atoms in total. The molecule has 0 saturated carbocycles. The number of nitrogens with zero attached hydrogens (tertiary/aromatic N) is 1. The summed E-state index contributed by atoms with van der Waals surface area (Å²) in [7, 11) is 0. The normalized spacial score (nSPS) is 15.9. The van der Waals surface area contributed by atoms with Crippen molar-refractivity contribution in [3.8, 4) is 0 Å². The second kappa shape index (κ2) is 9.40. The van der Waals surface area contributed by atoms with Crippen molar-refractivity contribution in [2.24, 2.45) is 5.92 Å². The summed E-state index contributed by atoms with van der Waals surface area (Å²) in [6, 6.07) is 19.4. The lowest BCUT2D eigenvalue weighted by Crippen LogP contribution is -2.50. The van der Waals surface area contributed by atoms with Gasteiger partial charge in [0.1, 0.15) is 0 Å². The van der Waals surface area contributed by atoms with E-state index in [1.165, 1.54) is 0 Å². The highest BCUT2D eigenvalue weighted by atomic mass is 16.2. The third-order valence-electron chi connectivity index (χ3n) is 5.26. The molecule has 0 radical (unpaired) electrons. The van der Waals surface area contributed by atoms with E-state index in [1.807, 2.05) is 53.4 Å². The predicted molar refractivity (Wildman–Crippen MR) is 111 cm³/mol. The van der Waals surface area contributed by atoms with Gasteiger partial charge in [-0.05, 0) is 36.5 Å². The first-order valence-electron chi connectivity index (χ1n) is 10.0. The lowest BCUT2D eigenvalue weighted by molar-refractivity contribution is 0.0917. The van der Waals surface area contributed by atoms with Crippen LogP contribution in [0.15, 0.2) is 60.7 Å². The van der Waals surface area contributed by atoms with Gasteiger partial charge in [-0.15, -0.1) is 0 Å². The van der Waals surface area contributed by atoms with Gasteiger partial charge in [0.15, 0.2) is 0 Å². The van der Waals surface area contributed by atoms with Crippen LogP contribution in [-0.4, -0.2) is 36.0 Å². The molecule has 1 aliphatic rings. The smallest absolute Gasteiger partial charge is 0.317 e. The van der Waals surface area contributed by atoms with E-state index in [1.54, 1.807) is 0 Å². The average Bonchev–Trinajstić information content (AvgIpc) is 2.73. The van der Waals surface area contributed by atoms with Crippen LogP contribution in [0.2, 0.25) is 0 Å². The number of hydrogen-bond acceptors (Lipinski definition) is 2. The Hall–Kier alpha value is -2.82. The highest BCUT2D eigenvalue weighted by molar-refractivity contribution is 5.94. The molecule has 28 heavy (non-hydrogen) atoms. The molecule has 2 aromatic rings. The maximum atomic E-state index is 12.8. The minimum absolute atomic E-state index is 0.00999. The van der Waals surface area contributed by atoms with Gasteiger partial charge in [0, 0.05) is 24.7 Å². The molecule has 1 fully saturated rings. The first kappa shape index (κ1) is 19.9. The van der Waals surface area contributed by atoms with Gasteiger partial charge in [-0.3, -0.25) is 4.79 Å². The van der Waals surface area contributed by atoms with E-state index in [-0.39, 0.29) is 24.0 Å². The second-order valence-corrected chi connectivity index (χ2v) is 7.68. The van der Waals surface area contributed by atoms with Gasteiger partial charge in [-0.1, -0.05) is 62.4 Å². The lowest BCUT2D eigenvalue weighted by atomic mass is 9.96. The number of carbonyl (C=O) groups excluding carboxylic acids is 2. The van der Waals surface area contributed by atoms with E-state index >= 15 is 0 Å². The molecule has 5 heteroatoms. The molecule has 1 atom stereocenters. The van der Waals surface area contributed by atoms with E-state index < -0.39 is 0 Å². The van der Waals surface area contributed by atoms with E-state index in [0.717, 1.165) is 18.4 Å². The highest BCUT2D eigenvalue weighted by Gasteiger charge is 2.26. The third kappa shape index (κ3) is 5.12. The van der Waals surface area contributed by atoms with Crippen molar-refractivity contribution in [2.45, 2.75) is 38.8 Å².